The average Bonchev–Trinajstić information content (AvgIpc) is 2.89. The molecule has 0 aliphatic carbocycles. The van der Waals surface area contributed by atoms with Gasteiger partial charge in [0.05, 0.1) is 13.6 Å². The lowest BCUT2D eigenvalue weighted by molar-refractivity contribution is -0.671. The summed E-state index contributed by atoms with van der Waals surface area (Å²) in [7, 11) is 2.08. The topological polar surface area (TPSA) is 8.81 Å². The summed E-state index contributed by atoms with van der Waals surface area (Å²) in [5.74, 6) is 0. The highest BCUT2D eigenvalue weighted by atomic mass is 79.9. The molecule has 0 atom stereocenters. The quantitative estimate of drug-likeness (QED) is 0.350. The van der Waals surface area contributed by atoms with E-state index in [2.05, 4.69) is 41.8 Å². The standard InChI is InChI=1S/C19H37N2.BrH/c1-3-4-5-6-7-8-9-10-11-12-13-14-15-16-21-18-17-20(2)19-21;/h17-19H,3-16H2,1-2H3;1H/q+1;/p-1. The zero-order chi connectivity index (χ0) is 15.2. The van der Waals surface area contributed by atoms with Gasteiger partial charge in [0.2, 0.25) is 6.33 Å². The molecule has 22 heavy (non-hydrogen) atoms. The van der Waals surface area contributed by atoms with Gasteiger partial charge in [-0.3, -0.25) is 0 Å². The first-order valence-electron chi connectivity index (χ1n) is 9.34. The van der Waals surface area contributed by atoms with Crippen molar-refractivity contribution in [1.29, 1.82) is 0 Å². The molecular formula is C19H37BrN2. The van der Waals surface area contributed by atoms with Gasteiger partial charge in [-0.25, -0.2) is 9.13 Å². The van der Waals surface area contributed by atoms with Crippen molar-refractivity contribution < 1.29 is 21.5 Å². The molecule has 0 fully saturated rings. The molecule has 1 heterocycles. The Balaban J connectivity index is 0.00000441. The minimum atomic E-state index is 0. The maximum atomic E-state index is 2.29. The van der Waals surface area contributed by atoms with Crippen molar-refractivity contribution in [2.24, 2.45) is 7.05 Å². The van der Waals surface area contributed by atoms with Crippen molar-refractivity contribution in [3.63, 3.8) is 0 Å². The van der Waals surface area contributed by atoms with Gasteiger partial charge in [0.15, 0.2) is 0 Å². The highest BCUT2D eigenvalue weighted by molar-refractivity contribution is 4.65. The largest absolute Gasteiger partial charge is 1.00 e. The molecule has 130 valence electrons. The van der Waals surface area contributed by atoms with Crippen LogP contribution in [-0.2, 0) is 13.6 Å². The summed E-state index contributed by atoms with van der Waals surface area (Å²) in [6.07, 6.45) is 25.0. The van der Waals surface area contributed by atoms with Gasteiger partial charge in [0, 0.05) is 0 Å². The van der Waals surface area contributed by atoms with Crippen LogP contribution < -0.4 is 21.5 Å². The number of hydrogen-bond donors (Lipinski definition) is 0. The van der Waals surface area contributed by atoms with Gasteiger partial charge in [-0.2, -0.15) is 0 Å². The highest BCUT2D eigenvalue weighted by Crippen LogP contribution is 2.12. The Morgan fingerprint density at radius 2 is 1.18 bits per heavy atom. The SMILES string of the molecule is CCCCCCCCCCCCCCCn1cc[n+](C)c1.[Br-]. The number of halogens is 1. The molecule has 2 nitrogen and oxygen atoms in total. The molecule has 0 aliphatic rings. The number of nitrogens with zero attached hydrogens (tertiary/aromatic N) is 2. The molecule has 1 aromatic heterocycles. The predicted octanol–water partition coefficient (Wildman–Crippen LogP) is 2.41. The van der Waals surface area contributed by atoms with Crippen LogP contribution in [0.2, 0.25) is 0 Å². The molecule has 0 saturated heterocycles. The Morgan fingerprint density at radius 3 is 1.59 bits per heavy atom. The van der Waals surface area contributed by atoms with Gasteiger partial charge in [-0.1, -0.05) is 77.6 Å². The molecule has 0 spiro atoms. The molecule has 0 bridgehead atoms. The summed E-state index contributed by atoms with van der Waals surface area (Å²) in [6, 6.07) is 0. The Hall–Kier alpha value is -0.310. The summed E-state index contributed by atoms with van der Waals surface area (Å²) >= 11 is 0. The lowest BCUT2D eigenvalue weighted by Crippen LogP contribution is -3.00. The molecule has 0 aromatic carbocycles. The summed E-state index contributed by atoms with van der Waals surface area (Å²) < 4.78 is 4.40. The second-order valence-electron chi connectivity index (χ2n) is 6.56. The fraction of sp³-hybridized carbons (Fsp3) is 0.842. The van der Waals surface area contributed by atoms with E-state index in [1.807, 2.05) is 0 Å². The second kappa shape index (κ2) is 15.6. The number of imidazole rings is 1. The zero-order valence-corrected chi connectivity index (χ0v) is 16.5. The zero-order valence-electron chi connectivity index (χ0n) is 14.9. The monoisotopic (exact) mass is 372 g/mol. The first kappa shape index (κ1) is 21.7. The van der Waals surface area contributed by atoms with Crippen molar-refractivity contribution in [3.8, 4) is 0 Å². The molecule has 0 amide bonds. The summed E-state index contributed by atoms with van der Waals surface area (Å²) in [5.41, 5.74) is 0. The Kier molecular flexibility index (Phi) is 15.4. The second-order valence-corrected chi connectivity index (χ2v) is 6.56. The first-order valence-corrected chi connectivity index (χ1v) is 9.34. The summed E-state index contributed by atoms with van der Waals surface area (Å²) in [6.45, 7) is 3.47. The van der Waals surface area contributed by atoms with Gasteiger partial charge < -0.3 is 17.0 Å². The van der Waals surface area contributed by atoms with Crippen LogP contribution in [0.4, 0.5) is 0 Å². The van der Waals surface area contributed by atoms with Crippen molar-refractivity contribution >= 4 is 0 Å². The third-order valence-corrected chi connectivity index (χ3v) is 4.34. The van der Waals surface area contributed by atoms with Crippen LogP contribution in [0.1, 0.15) is 90.4 Å². The van der Waals surface area contributed by atoms with E-state index < -0.39 is 0 Å². The van der Waals surface area contributed by atoms with Crippen LogP contribution in [0.25, 0.3) is 0 Å². The normalized spacial score (nSPS) is 10.6. The van der Waals surface area contributed by atoms with Crippen LogP contribution in [0.3, 0.4) is 0 Å². The third kappa shape index (κ3) is 12.3. The fourth-order valence-corrected chi connectivity index (χ4v) is 2.95. The van der Waals surface area contributed by atoms with Crippen molar-refractivity contribution in [2.75, 3.05) is 0 Å². The predicted molar refractivity (Wildman–Crippen MR) is 91.3 cm³/mol. The maximum Gasteiger partial charge on any atom is 0.243 e. The molecular weight excluding hydrogens is 336 g/mol. The molecule has 1 aromatic rings. The molecule has 0 saturated carbocycles. The minimum absolute atomic E-state index is 0. The molecule has 0 radical (unpaired) electrons. The first-order chi connectivity index (χ1) is 10.3. The van der Waals surface area contributed by atoms with Gasteiger partial charge in [0.25, 0.3) is 0 Å². The summed E-state index contributed by atoms with van der Waals surface area (Å²) in [5, 5.41) is 0. The molecule has 0 unspecified atom stereocenters. The van der Waals surface area contributed by atoms with E-state index in [0.717, 1.165) is 0 Å². The van der Waals surface area contributed by atoms with E-state index in [-0.39, 0.29) is 17.0 Å². The minimum Gasteiger partial charge on any atom is -1.00 e. The Morgan fingerprint density at radius 1 is 0.727 bits per heavy atom. The van der Waals surface area contributed by atoms with Gasteiger partial charge in [0.1, 0.15) is 12.4 Å². The number of aryl methyl sites for hydroxylation is 2. The average molecular weight is 373 g/mol. The fourth-order valence-electron chi connectivity index (χ4n) is 2.95. The van der Waals surface area contributed by atoms with E-state index in [0.29, 0.717) is 0 Å². The van der Waals surface area contributed by atoms with Crippen molar-refractivity contribution in [1.82, 2.24) is 4.57 Å². The van der Waals surface area contributed by atoms with E-state index in [9.17, 15) is 0 Å². The van der Waals surface area contributed by atoms with Crippen LogP contribution in [0.5, 0.6) is 0 Å². The lowest BCUT2D eigenvalue weighted by Gasteiger charge is -2.02. The number of unbranched alkanes of at least 4 members (excludes halogenated alkanes) is 12. The Bertz CT molecular complexity index is 336. The van der Waals surface area contributed by atoms with Gasteiger partial charge in [-0.15, -0.1) is 0 Å². The third-order valence-electron chi connectivity index (χ3n) is 4.34. The van der Waals surface area contributed by atoms with E-state index in [1.54, 1.807) is 0 Å². The van der Waals surface area contributed by atoms with Gasteiger partial charge >= 0.3 is 0 Å². The number of hydrogen-bond acceptors (Lipinski definition) is 0. The maximum absolute atomic E-state index is 2.29. The summed E-state index contributed by atoms with van der Waals surface area (Å²) in [4.78, 5) is 0. The van der Waals surface area contributed by atoms with E-state index in [4.69, 9.17) is 0 Å². The molecule has 1 rings (SSSR count). The highest BCUT2D eigenvalue weighted by Gasteiger charge is 1.99. The molecule has 3 heteroatoms. The van der Waals surface area contributed by atoms with Crippen LogP contribution in [-0.4, -0.2) is 4.57 Å². The van der Waals surface area contributed by atoms with Crippen LogP contribution >= 0.6 is 0 Å². The van der Waals surface area contributed by atoms with Crippen LogP contribution in [0, 0.1) is 0 Å². The van der Waals surface area contributed by atoms with E-state index in [1.165, 1.54) is 90.0 Å². The van der Waals surface area contributed by atoms with Crippen molar-refractivity contribution in [3.05, 3.63) is 18.7 Å². The molecule has 0 N–H and O–H groups in total. The number of aromatic nitrogens is 2. The Labute approximate surface area is 149 Å². The lowest BCUT2D eigenvalue weighted by atomic mass is 10.0. The van der Waals surface area contributed by atoms with E-state index >= 15 is 0 Å². The van der Waals surface area contributed by atoms with Crippen molar-refractivity contribution in [2.45, 2.75) is 96.9 Å². The smallest absolute Gasteiger partial charge is 0.243 e. The number of rotatable bonds is 14. The van der Waals surface area contributed by atoms with Gasteiger partial charge in [-0.05, 0) is 12.8 Å². The van der Waals surface area contributed by atoms with Crippen LogP contribution in [0.15, 0.2) is 18.7 Å². The molecule has 0 aliphatic heterocycles.